The summed E-state index contributed by atoms with van der Waals surface area (Å²) in [6.45, 7) is 1.46. The molecule has 0 aliphatic heterocycles. The first-order valence-electron chi connectivity index (χ1n) is 6.53. The summed E-state index contributed by atoms with van der Waals surface area (Å²) < 4.78 is 26.6. The van der Waals surface area contributed by atoms with Crippen LogP contribution in [-0.4, -0.2) is 20.4 Å². The lowest BCUT2D eigenvalue weighted by molar-refractivity contribution is -0.117. The Kier molecular flexibility index (Phi) is 5.18. The first kappa shape index (κ1) is 16.5. The van der Waals surface area contributed by atoms with Crippen molar-refractivity contribution in [3.8, 4) is 0 Å². The summed E-state index contributed by atoms with van der Waals surface area (Å²) in [5, 5.41) is 2.97. The zero-order chi connectivity index (χ0) is 16.2. The average molecular weight is 339 g/mol. The van der Waals surface area contributed by atoms with Gasteiger partial charge in [0.05, 0.1) is 21.6 Å². The maximum atomic E-state index is 12.1. The molecule has 0 bridgehead atoms. The van der Waals surface area contributed by atoms with Gasteiger partial charge in [-0.05, 0) is 31.2 Å². The van der Waals surface area contributed by atoms with Crippen LogP contribution in [0.5, 0.6) is 0 Å². The third kappa shape index (κ3) is 4.07. The number of amides is 1. The smallest absolute Gasteiger partial charge is 0.242 e. The Hall–Kier alpha value is -1.89. The van der Waals surface area contributed by atoms with E-state index in [1.807, 2.05) is 0 Å². The summed E-state index contributed by atoms with van der Waals surface area (Å²) in [5.41, 5.74) is 0.430. The van der Waals surface area contributed by atoms with Crippen molar-refractivity contribution in [2.24, 2.45) is 0 Å². The molecule has 1 amide bonds. The van der Waals surface area contributed by atoms with Crippen molar-refractivity contribution in [3.05, 3.63) is 59.6 Å². The van der Waals surface area contributed by atoms with Crippen molar-refractivity contribution < 1.29 is 13.2 Å². The summed E-state index contributed by atoms with van der Waals surface area (Å²) in [5.74, 6) is -0.493. The monoisotopic (exact) mass is 338 g/mol. The molecule has 0 saturated heterocycles. The van der Waals surface area contributed by atoms with Gasteiger partial charge >= 0.3 is 0 Å². The summed E-state index contributed by atoms with van der Waals surface area (Å²) >= 11 is 5.95. The molecule has 2 aromatic carbocycles. The normalized spacial score (nSPS) is 12.6. The van der Waals surface area contributed by atoms with Gasteiger partial charge in [-0.1, -0.05) is 41.9 Å². The van der Waals surface area contributed by atoms with Crippen LogP contribution in [-0.2, 0) is 14.8 Å². The van der Waals surface area contributed by atoms with E-state index in [9.17, 15) is 13.2 Å². The van der Waals surface area contributed by atoms with Crippen LogP contribution in [0.3, 0.4) is 0 Å². The molecule has 116 valence electrons. The highest BCUT2D eigenvalue weighted by Gasteiger charge is 2.22. The van der Waals surface area contributed by atoms with Crippen LogP contribution in [0, 0.1) is 0 Å². The SMILES string of the molecule is C[C@H](NS(=O)(=O)c1ccccc1)C(=O)Nc1ccccc1Cl. The number of carbonyl (C=O) groups excluding carboxylic acids is 1. The second-order valence-electron chi connectivity index (χ2n) is 4.63. The second-order valence-corrected chi connectivity index (χ2v) is 6.75. The van der Waals surface area contributed by atoms with Crippen molar-refractivity contribution >= 4 is 33.2 Å². The fourth-order valence-corrected chi connectivity index (χ4v) is 3.16. The molecule has 5 nitrogen and oxygen atoms in total. The molecular formula is C15H15ClN2O3S. The molecule has 0 heterocycles. The van der Waals surface area contributed by atoms with E-state index in [4.69, 9.17) is 11.6 Å². The number of para-hydroxylation sites is 1. The first-order valence-corrected chi connectivity index (χ1v) is 8.39. The number of carbonyl (C=O) groups is 1. The molecule has 0 radical (unpaired) electrons. The standard InChI is InChI=1S/C15H15ClN2O3S/c1-11(15(19)17-14-10-6-5-9-13(14)16)18-22(20,21)12-7-3-2-4-8-12/h2-11,18H,1H3,(H,17,19)/t11-/m0/s1. The molecule has 2 rings (SSSR count). The van der Waals surface area contributed by atoms with Gasteiger partial charge in [0.1, 0.15) is 0 Å². The molecule has 22 heavy (non-hydrogen) atoms. The van der Waals surface area contributed by atoms with Crippen LogP contribution >= 0.6 is 11.6 Å². The lowest BCUT2D eigenvalue weighted by atomic mass is 10.3. The van der Waals surface area contributed by atoms with Gasteiger partial charge in [0.2, 0.25) is 15.9 Å². The molecule has 0 unspecified atom stereocenters. The number of halogens is 1. The summed E-state index contributed by atoms with van der Waals surface area (Å²) in [6.07, 6.45) is 0. The fourth-order valence-electron chi connectivity index (χ4n) is 1.76. The molecule has 0 fully saturated rings. The second kappa shape index (κ2) is 6.91. The Labute approximate surface area is 134 Å². The number of sulfonamides is 1. The Balaban J connectivity index is 2.07. The maximum absolute atomic E-state index is 12.1. The number of nitrogens with one attached hydrogen (secondary N) is 2. The van der Waals surface area contributed by atoms with Crippen LogP contribution in [0.25, 0.3) is 0 Å². The minimum absolute atomic E-state index is 0.104. The molecule has 0 aromatic heterocycles. The van der Waals surface area contributed by atoms with E-state index >= 15 is 0 Å². The quantitative estimate of drug-likeness (QED) is 0.880. The highest BCUT2D eigenvalue weighted by atomic mass is 35.5. The number of hydrogen-bond acceptors (Lipinski definition) is 3. The van der Waals surface area contributed by atoms with Crippen LogP contribution in [0.15, 0.2) is 59.5 Å². The Morgan fingerprint density at radius 1 is 1.05 bits per heavy atom. The van der Waals surface area contributed by atoms with E-state index in [0.29, 0.717) is 10.7 Å². The minimum Gasteiger partial charge on any atom is -0.323 e. The zero-order valence-corrected chi connectivity index (χ0v) is 13.4. The largest absolute Gasteiger partial charge is 0.323 e. The zero-order valence-electron chi connectivity index (χ0n) is 11.8. The molecule has 7 heteroatoms. The van der Waals surface area contributed by atoms with Gasteiger partial charge in [-0.15, -0.1) is 0 Å². The molecule has 0 saturated carbocycles. The van der Waals surface area contributed by atoms with Gasteiger partial charge in [0.25, 0.3) is 0 Å². The summed E-state index contributed by atoms with van der Waals surface area (Å²) in [7, 11) is -3.75. The van der Waals surface area contributed by atoms with Crippen molar-refractivity contribution in [1.29, 1.82) is 0 Å². The van der Waals surface area contributed by atoms with E-state index in [1.165, 1.54) is 19.1 Å². The molecule has 1 atom stereocenters. The maximum Gasteiger partial charge on any atom is 0.242 e. The molecule has 0 aliphatic rings. The predicted octanol–water partition coefficient (Wildman–Crippen LogP) is 2.65. The van der Waals surface area contributed by atoms with Crippen molar-refractivity contribution in [1.82, 2.24) is 4.72 Å². The van der Waals surface area contributed by atoms with Gasteiger partial charge in [0, 0.05) is 0 Å². The van der Waals surface area contributed by atoms with Gasteiger partial charge in [0.15, 0.2) is 0 Å². The molecular weight excluding hydrogens is 324 g/mol. The topological polar surface area (TPSA) is 75.3 Å². The van der Waals surface area contributed by atoms with Gasteiger partial charge < -0.3 is 5.32 Å². The van der Waals surface area contributed by atoms with Crippen molar-refractivity contribution in [2.45, 2.75) is 17.9 Å². The van der Waals surface area contributed by atoms with Crippen LogP contribution < -0.4 is 10.0 Å². The average Bonchev–Trinajstić information content (AvgIpc) is 2.50. The van der Waals surface area contributed by atoms with Crippen LogP contribution in [0.2, 0.25) is 5.02 Å². The number of rotatable bonds is 5. The molecule has 0 aliphatic carbocycles. The van der Waals surface area contributed by atoms with Gasteiger partial charge in [-0.2, -0.15) is 4.72 Å². The number of hydrogen-bond donors (Lipinski definition) is 2. The van der Waals surface area contributed by atoms with E-state index in [0.717, 1.165) is 0 Å². The van der Waals surface area contributed by atoms with Crippen molar-refractivity contribution in [3.63, 3.8) is 0 Å². The lowest BCUT2D eigenvalue weighted by Crippen LogP contribution is -2.41. The van der Waals surface area contributed by atoms with Crippen LogP contribution in [0.1, 0.15) is 6.92 Å². The summed E-state index contributed by atoms with van der Waals surface area (Å²) in [4.78, 5) is 12.2. The number of benzene rings is 2. The van der Waals surface area contributed by atoms with Gasteiger partial charge in [-0.3, -0.25) is 4.79 Å². The highest BCUT2D eigenvalue weighted by Crippen LogP contribution is 2.20. The third-order valence-electron chi connectivity index (χ3n) is 2.91. The van der Waals surface area contributed by atoms with E-state index in [1.54, 1.807) is 42.5 Å². The lowest BCUT2D eigenvalue weighted by Gasteiger charge is -2.15. The predicted molar refractivity (Wildman–Crippen MR) is 86.3 cm³/mol. The number of anilines is 1. The minimum atomic E-state index is -3.75. The molecule has 2 aromatic rings. The van der Waals surface area contributed by atoms with Crippen LogP contribution in [0.4, 0.5) is 5.69 Å². The molecule has 2 N–H and O–H groups in total. The molecule has 0 spiro atoms. The Bertz CT molecular complexity index is 763. The van der Waals surface area contributed by atoms with Gasteiger partial charge in [-0.25, -0.2) is 8.42 Å². The summed E-state index contributed by atoms with van der Waals surface area (Å²) in [6, 6.07) is 13.6. The third-order valence-corrected chi connectivity index (χ3v) is 4.80. The highest BCUT2D eigenvalue weighted by molar-refractivity contribution is 7.89. The van der Waals surface area contributed by atoms with E-state index in [-0.39, 0.29) is 4.90 Å². The first-order chi connectivity index (χ1) is 10.4. The Morgan fingerprint density at radius 2 is 1.64 bits per heavy atom. The van der Waals surface area contributed by atoms with E-state index in [2.05, 4.69) is 10.0 Å². The van der Waals surface area contributed by atoms with E-state index < -0.39 is 22.0 Å². The fraction of sp³-hybridized carbons (Fsp3) is 0.133. The van der Waals surface area contributed by atoms with Crippen molar-refractivity contribution in [2.75, 3.05) is 5.32 Å². The Morgan fingerprint density at radius 3 is 2.27 bits per heavy atom.